The van der Waals surface area contributed by atoms with Gasteiger partial charge in [0, 0.05) is 6.20 Å². The van der Waals surface area contributed by atoms with Gasteiger partial charge in [-0.25, -0.2) is 9.97 Å². The molecule has 2 heterocycles. The van der Waals surface area contributed by atoms with Gasteiger partial charge in [-0.1, -0.05) is 11.6 Å². The van der Waals surface area contributed by atoms with E-state index in [4.69, 9.17) is 11.6 Å². The van der Waals surface area contributed by atoms with Crippen molar-refractivity contribution in [2.45, 2.75) is 6.42 Å². The Labute approximate surface area is 96.4 Å². The van der Waals surface area contributed by atoms with Gasteiger partial charge in [0.2, 0.25) is 0 Å². The average molecular weight is 238 g/mol. The van der Waals surface area contributed by atoms with Crippen LogP contribution in [-0.2, 0) is 16.0 Å². The summed E-state index contributed by atoms with van der Waals surface area (Å²) in [5.41, 5.74) is 1.65. The lowest BCUT2D eigenvalue weighted by Crippen LogP contribution is -2.07. The summed E-state index contributed by atoms with van der Waals surface area (Å²) in [6, 6.07) is 1.70. The fourth-order valence-corrected chi connectivity index (χ4v) is 1.44. The number of fused-ring (bicyclic) bond motifs is 1. The van der Waals surface area contributed by atoms with Gasteiger partial charge >= 0.3 is 5.97 Å². The van der Waals surface area contributed by atoms with Gasteiger partial charge in [-0.3, -0.25) is 9.78 Å². The van der Waals surface area contributed by atoms with E-state index in [9.17, 15) is 4.79 Å². The van der Waals surface area contributed by atoms with Crippen LogP contribution in [0.5, 0.6) is 0 Å². The summed E-state index contributed by atoms with van der Waals surface area (Å²) in [5, 5.41) is 0.212. The first-order valence-electron chi connectivity index (χ1n) is 4.53. The minimum atomic E-state index is -0.403. The van der Waals surface area contributed by atoms with Crippen molar-refractivity contribution in [3.05, 3.63) is 29.3 Å². The maximum Gasteiger partial charge on any atom is 0.311 e. The van der Waals surface area contributed by atoms with E-state index in [-0.39, 0.29) is 11.6 Å². The van der Waals surface area contributed by atoms with Crippen molar-refractivity contribution in [1.82, 2.24) is 15.0 Å². The van der Waals surface area contributed by atoms with Gasteiger partial charge in [0.25, 0.3) is 0 Å². The molecule has 0 aliphatic heterocycles. The Bertz CT molecular complexity index is 545. The Morgan fingerprint density at radius 3 is 3.00 bits per heavy atom. The number of rotatable bonds is 2. The number of nitrogens with zero attached hydrogens (tertiary/aromatic N) is 3. The second-order valence-electron chi connectivity index (χ2n) is 3.08. The van der Waals surface area contributed by atoms with Gasteiger partial charge in [0.15, 0.2) is 5.15 Å². The van der Waals surface area contributed by atoms with Crippen LogP contribution in [0.2, 0.25) is 5.15 Å². The van der Waals surface area contributed by atoms with E-state index in [1.165, 1.54) is 7.11 Å². The molecule has 0 saturated heterocycles. The van der Waals surface area contributed by atoms with Crippen molar-refractivity contribution in [2.75, 3.05) is 7.11 Å². The number of aromatic nitrogens is 3. The summed E-state index contributed by atoms with van der Waals surface area (Å²) in [4.78, 5) is 23.3. The molecule has 0 bridgehead atoms. The fourth-order valence-electron chi connectivity index (χ4n) is 1.24. The molecule has 0 N–H and O–H groups in total. The standard InChI is InChI=1S/C10H8ClN3O2/c1-16-9(15)4-7-10(11)14-6-2-3-12-5-8(6)13-7/h2-3,5H,4H2,1H3. The topological polar surface area (TPSA) is 65.0 Å². The molecule has 5 nitrogen and oxygen atoms in total. The molecule has 6 heteroatoms. The lowest BCUT2D eigenvalue weighted by atomic mass is 10.3. The van der Waals surface area contributed by atoms with Crippen molar-refractivity contribution in [3.63, 3.8) is 0 Å². The highest BCUT2D eigenvalue weighted by Gasteiger charge is 2.11. The highest BCUT2D eigenvalue weighted by Crippen LogP contribution is 2.16. The van der Waals surface area contributed by atoms with Gasteiger partial charge in [-0.15, -0.1) is 0 Å². The molecule has 0 saturated carbocycles. The zero-order valence-electron chi connectivity index (χ0n) is 8.48. The first-order chi connectivity index (χ1) is 7.70. The smallest absolute Gasteiger partial charge is 0.311 e. The summed E-state index contributed by atoms with van der Waals surface area (Å²) in [6.45, 7) is 0. The van der Waals surface area contributed by atoms with Crippen LogP contribution in [0.15, 0.2) is 18.5 Å². The van der Waals surface area contributed by atoms with Crippen LogP contribution in [0.1, 0.15) is 5.69 Å². The van der Waals surface area contributed by atoms with Gasteiger partial charge < -0.3 is 4.74 Å². The van der Waals surface area contributed by atoms with E-state index in [2.05, 4.69) is 19.7 Å². The molecule has 0 radical (unpaired) electrons. The number of hydrogen-bond donors (Lipinski definition) is 0. The quantitative estimate of drug-likeness (QED) is 0.739. The minimum Gasteiger partial charge on any atom is -0.469 e. The lowest BCUT2D eigenvalue weighted by Gasteiger charge is -2.03. The predicted octanol–water partition coefficient (Wildman–Crippen LogP) is 1.39. The molecule has 0 atom stereocenters. The zero-order chi connectivity index (χ0) is 11.5. The number of carbonyl (C=O) groups excluding carboxylic acids is 1. The number of esters is 1. The molecular formula is C10H8ClN3O2. The molecule has 0 amide bonds. The van der Waals surface area contributed by atoms with Crippen molar-refractivity contribution in [3.8, 4) is 0 Å². The summed E-state index contributed by atoms with van der Waals surface area (Å²) in [7, 11) is 1.31. The number of hydrogen-bond acceptors (Lipinski definition) is 5. The maximum atomic E-state index is 11.1. The lowest BCUT2D eigenvalue weighted by molar-refractivity contribution is -0.139. The molecule has 0 aromatic carbocycles. The largest absolute Gasteiger partial charge is 0.469 e. The molecular weight excluding hydrogens is 230 g/mol. The molecule has 0 spiro atoms. The van der Waals surface area contributed by atoms with Crippen molar-refractivity contribution < 1.29 is 9.53 Å². The molecule has 2 aromatic rings. The van der Waals surface area contributed by atoms with Crippen LogP contribution in [0, 0.1) is 0 Å². The normalized spacial score (nSPS) is 10.4. The summed E-state index contributed by atoms with van der Waals surface area (Å²) in [6.07, 6.45) is 3.18. The molecule has 0 unspecified atom stereocenters. The van der Waals surface area contributed by atoms with Gasteiger partial charge in [-0.05, 0) is 6.07 Å². The van der Waals surface area contributed by atoms with E-state index in [0.29, 0.717) is 16.7 Å². The molecule has 2 rings (SSSR count). The SMILES string of the molecule is COC(=O)Cc1nc2cnccc2nc1Cl. The Morgan fingerprint density at radius 1 is 1.44 bits per heavy atom. The molecule has 82 valence electrons. The van der Waals surface area contributed by atoms with Crippen LogP contribution in [-0.4, -0.2) is 28.0 Å². The summed E-state index contributed by atoms with van der Waals surface area (Å²) < 4.78 is 4.54. The summed E-state index contributed by atoms with van der Waals surface area (Å²) >= 11 is 5.90. The van der Waals surface area contributed by atoms with E-state index in [1.807, 2.05) is 0 Å². The van der Waals surface area contributed by atoms with E-state index in [1.54, 1.807) is 18.5 Å². The fraction of sp³-hybridized carbons (Fsp3) is 0.200. The maximum absolute atomic E-state index is 11.1. The van der Waals surface area contributed by atoms with Gasteiger partial charge in [0.1, 0.15) is 5.52 Å². The number of ether oxygens (including phenoxy) is 1. The highest BCUT2D eigenvalue weighted by molar-refractivity contribution is 6.30. The van der Waals surface area contributed by atoms with Crippen LogP contribution >= 0.6 is 11.6 Å². The predicted molar refractivity (Wildman–Crippen MR) is 58.1 cm³/mol. The molecule has 0 aliphatic rings. The second-order valence-corrected chi connectivity index (χ2v) is 3.44. The van der Waals surface area contributed by atoms with Crippen molar-refractivity contribution in [1.29, 1.82) is 0 Å². The monoisotopic (exact) mass is 237 g/mol. The van der Waals surface area contributed by atoms with E-state index < -0.39 is 5.97 Å². The first kappa shape index (κ1) is 10.8. The number of halogens is 1. The van der Waals surface area contributed by atoms with E-state index >= 15 is 0 Å². The summed E-state index contributed by atoms with van der Waals surface area (Å²) in [5.74, 6) is -0.403. The van der Waals surface area contributed by atoms with Crippen molar-refractivity contribution in [2.24, 2.45) is 0 Å². The van der Waals surface area contributed by atoms with Gasteiger partial charge in [-0.2, -0.15) is 0 Å². The van der Waals surface area contributed by atoms with Crippen LogP contribution < -0.4 is 0 Å². The average Bonchev–Trinajstić information content (AvgIpc) is 2.30. The Kier molecular flexibility index (Phi) is 2.96. The van der Waals surface area contributed by atoms with E-state index in [0.717, 1.165) is 0 Å². The van der Waals surface area contributed by atoms with Crippen molar-refractivity contribution >= 4 is 28.6 Å². The van der Waals surface area contributed by atoms with Crippen LogP contribution in [0.25, 0.3) is 11.0 Å². The minimum absolute atomic E-state index is 0.00711. The molecule has 0 fully saturated rings. The second kappa shape index (κ2) is 4.40. The van der Waals surface area contributed by atoms with Crippen LogP contribution in [0.4, 0.5) is 0 Å². The number of methoxy groups -OCH3 is 1. The Balaban J connectivity index is 2.46. The molecule has 2 aromatic heterocycles. The molecule has 16 heavy (non-hydrogen) atoms. The Morgan fingerprint density at radius 2 is 2.25 bits per heavy atom. The Hall–Kier alpha value is -1.75. The molecule has 0 aliphatic carbocycles. The third-order valence-corrected chi connectivity index (χ3v) is 2.33. The third kappa shape index (κ3) is 2.09. The zero-order valence-corrected chi connectivity index (χ0v) is 9.23. The number of carbonyl (C=O) groups is 1. The third-order valence-electron chi connectivity index (χ3n) is 2.03. The van der Waals surface area contributed by atoms with Crippen LogP contribution in [0.3, 0.4) is 0 Å². The first-order valence-corrected chi connectivity index (χ1v) is 4.91. The highest BCUT2D eigenvalue weighted by atomic mass is 35.5. The van der Waals surface area contributed by atoms with Gasteiger partial charge in [0.05, 0.1) is 30.9 Å². The number of pyridine rings is 1.